The standard InChI is InChI=1S/C14H10ClN3O3/c15-10-5-2-1-4-9(10)13-17-12(21-18-13)8-20-14(19)11-6-3-7-16-11/h1-7,16H,8H2. The first-order valence-corrected chi connectivity index (χ1v) is 6.50. The number of ether oxygens (including phenoxy) is 1. The van der Waals surface area contributed by atoms with Crippen molar-refractivity contribution in [3.8, 4) is 11.4 Å². The molecule has 0 amide bonds. The van der Waals surface area contributed by atoms with Gasteiger partial charge in [-0.1, -0.05) is 28.9 Å². The third kappa shape index (κ3) is 2.95. The van der Waals surface area contributed by atoms with Crippen LogP contribution < -0.4 is 0 Å². The fourth-order valence-electron chi connectivity index (χ4n) is 1.73. The predicted octanol–water partition coefficient (Wildman–Crippen LogP) is 3.08. The highest BCUT2D eigenvalue weighted by molar-refractivity contribution is 6.33. The lowest BCUT2D eigenvalue weighted by Gasteiger charge is -1.98. The van der Waals surface area contributed by atoms with E-state index in [2.05, 4.69) is 15.1 Å². The Kier molecular flexibility index (Phi) is 3.70. The first kappa shape index (κ1) is 13.4. The predicted molar refractivity (Wildman–Crippen MR) is 74.7 cm³/mol. The number of halogens is 1. The smallest absolute Gasteiger partial charge is 0.355 e. The van der Waals surface area contributed by atoms with E-state index in [1.807, 2.05) is 12.1 Å². The lowest BCUT2D eigenvalue weighted by molar-refractivity contribution is 0.0423. The second kappa shape index (κ2) is 5.80. The molecule has 0 fully saturated rings. The first-order valence-electron chi connectivity index (χ1n) is 6.12. The van der Waals surface area contributed by atoms with E-state index >= 15 is 0 Å². The molecule has 0 saturated carbocycles. The Morgan fingerprint density at radius 2 is 2.14 bits per heavy atom. The van der Waals surface area contributed by atoms with Crippen molar-refractivity contribution in [1.29, 1.82) is 0 Å². The van der Waals surface area contributed by atoms with Gasteiger partial charge in [-0.15, -0.1) is 0 Å². The highest BCUT2D eigenvalue weighted by Crippen LogP contribution is 2.24. The lowest BCUT2D eigenvalue weighted by Crippen LogP contribution is -2.05. The van der Waals surface area contributed by atoms with E-state index in [4.69, 9.17) is 20.9 Å². The maximum Gasteiger partial charge on any atom is 0.355 e. The molecule has 0 unspecified atom stereocenters. The van der Waals surface area contributed by atoms with Gasteiger partial charge in [-0.25, -0.2) is 4.79 Å². The molecule has 0 aliphatic rings. The largest absolute Gasteiger partial charge is 0.451 e. The quantitative estimate of drug-likeness (QED) is 0.749. The molecule has 7 heteroatoms. The number of nitrogens with zero attached hydrogens (tertiary/aromatic N) is 2. The molecule has 0 aliphatic heterocycles. The van der Waals surface area contributed by atoms with E-state index in [9.17, 15) is 4.79 Å². The Hall–Kier alpha value is -2.60. The van der Waals surface area contributed by atoms with E-state index in [1.165, 1.54) is 0 Å². The number of nitrogens with one attached hydrogen (secondary N) is 1. The van der Waals surface area contributed by atoms with Crippen LogP contribution in [0.3, 0.4) is 0 Å². The van der Waals surface area contributed by atoms with Gasteiger partial charge in [0.2, 0.25) is 5.82 Å². The van der Waals surface area contributed by atoms with Crippen molar-refractivity contribution >= 4 is 17.6 Å². The van der Waals surface area contributed by atoms with Gasteiger partial charge in [0.25, 0.3) is 5.89 Å². The average molecular weight is 304 g/mol. The van der Waals surface area contributed by atoms with Crippen LogP contribution >= 0.6 is 11.6 Å². The van der Waals surface area contributed by atoms with Crippen LogP contribution in [0, 0.1) is 0 Å². The van der Waals surface area contributed by atoms with Gasteiger partial charge >= 0.3 is 5.97 Å². The van der Waals surface area contributed by atoms with Crippen LogP contribution in [0.5, 0.6) is 0 Å². The monoisotopic (exact) mass is 303 g/mol. The van der Waals surface area contributed by atoms with E-state index in [-0.39, 0.29) is 12.5 Å². The molecule has 1 aromatic carbocycles. The molecule has 2 aromatic heterocycles. The average Bonchev–Trinajstić information content (AvgIpc) is 3.17. The van der Waals surface area contributed by atoms with Crippen molar-refractivity contribution in [2.24, 2.45) is 0 Å². The Balaban J connectivity index is 1.69. The van der Waals surface area contributed by atoms with Crippen LogP contribution in [0.4, 0.5) is 0 Å². The molecule has 0 bridgehead atoms. The zero-order chi connectivity index (χ0) is 14.7. The summed E-state index contributed by atoms with van der Waals surface area (Å²) in [5.74, 6) is 0.0637. The lowest BCUT2D eigenvalue weighted by atomic mass is 10.2. The van der Waals surface area contributed by atoms with Crippen molar-refractivity contribution in [3.05, 3.63) is 59.2 Å². The third-order valence-corrected chi connectivity index (χ3v) is 3.06. The van der Waals surface area contributed by atoms with Crippen molar-refractivity contribution < 1.29 is 14.1 Å². The van der Waals surface area contributed by atoms with Gasteiger partial charge in [-0.05, 0) is 24.3 Å². The number of aromatic amines is 1. The van der Waals surface area contributed by atoms with E-state index in [0.717, 1.165) is 0 Å². The van der Waals surface area contributed by atoms with E-state index in [1.54, 1.807) is 30.5 Å². The number of H-pyrrole nitrogens is 1. The van der Waals surface area contributed by atoms with Gasteiger partial charge in [0.1, 0.15) is 5.69 Å². The molecule has 2 heterocycles. The number of hydrogen-bond acceptors (Lipinski definition) is 5. The molecule has 0 radical (unpaired) electrons. The minimum absolute atomic E-state index is 0.102. The summed E-state index contributed by atoms with van der Waals surface area (Å²) in [5.41, 5.74) is 1.02. The van der Waals surface area contributed by atoms with E-state index in [0.29, 0.717) is 22.1 Å². The first-order chi connectivity index (χ1) is 10.2. The molecule has 3 aromatic rings. The van der Waals surface area contributed by atoms with Crippen molar-refractivity contribution in [3.63, 3.8) is 0 Å². The molecule has 0 saturated heterocycles. The summed E-state index contributed by atoms with van der Waals surface area (Å²) in [7, 11) is 0. The topological polar surface area (TPSA) is 81.0 Å². The van der Waals surface area contributed by atoms with Crippen LogP contribution in [0.1, 0.15) is 16.4 Å². The fraction of sp³-hybridized carbons (Fsp3) is 0.0714. The molecule has 0 aliphatic carbocycles. The Bertz CT molecular complexity index is 752. The molecule has 21 heavy (non-hydrogen) atoms. The summed E-state index contributed by atoms with van der Waals surface area (Å²) in [4.78, 5) is 18.5. The highest BCUT2D eigenvalue weighted by atomic mass is 35.5. The van der Waals surface area contributed by atoms with Gasteiger partial charge in [0, 0.05) is 11.8 Å². The maximum absolute atomic E-state index is 11.6. The fourth-order valence-corrected chi connectivity index (χ4v) is 1.95. The highest BCUT2D eigenvalue weighted by Gasteiger charge is 2.14. The number of carbonyl (C=O) groups excluding carboxylic acids is 1. The zero-order valence-corrected chi connectivity index (χ0v) is 11.5. The van der Waals surface area contributed by atoms with Crippen LogP contribution in [0.15, 0.2) is 47.1 Å². The third-order valence-electron chi connectivity index (χ3n) is 2.73. The normalized spacial score (nSPS) is 10.5. The summed E-state index contributed by atoms with van der Waals surface area (Å²) in [6, 6.07) is 10.5. The summed E-state index contributed by atoms with van der Waals surface area (Å²) in [5, 5.41) is 4.34. The van der Waals surface area contributed by atoms with Gasteiger partial charge < -0.3 is 14.2 Å². The second-order valence-corrected chi connectivity index (χ2v) is 4.56. The minimum Gasteiger partial charge on any atom is -0.451 e. The van der Waals surface area contributed by atoms with Crippen molar-refractivity contribution in [2.75, 3.05) is 0 Å². The second-order valence-electron chi connectivity index (χ2n) is 4.15. The van der Waals surface area contributed by atoms with Crippen LogP contribution in [-0.2, 0) is 11.3 Å². The van der Waals surface area contributed by atoms with Gasteiger partial charge in [-0.3, -0.25) is 0 Å². The van der Waals surface area contributed by atoms with Crippen LogP contribution in [0.2, 0.25) is 5.02 Å². The molecular weight excluding hydrogens is 294 g/mol. The minimum atomic E-state index is -0.488. The maximum atomic E-state index is 11.6. The number of hydrogen-bond donors (Lipinski definition) is 1. The Morgan fingerprint density at radius 3 is 2.90 bits per heavy atom. The van der Waals surface area contributed by atoms with Gasteiger partial charge in [0.05, 0.1) is 5.02 Å². The molecular formula is C14H10ClN3O3. The molecule has 6 nitrogen and oxygen atoms in total. The molecule has 0 spiro atoms. The summed E-state index contributed by atoms with van der Waals surface area (Å²) < 4.78 is 10.1. The Morgan fingerprint density at radius 1 is 1.29 bits per heavy atom. The Labute approximate surface area is 124 Å². The SMILES string of the molecule is O=C(OCc1nc(-c2ccccc2Cl)no1)c1ccc[nH]1. The number of aromatic nitrogens is 3. The van der Waals surface area contributed by atoms with Gasteiger partial charge in [0.15, 0.2) is 6.61 Å². The van der Waals surface area contributed by atoms with Gasteiger partial charge in [-0.2, -0.15) is 4.98 Å². The summed E-state index contributed by atoms with van der Waals surface area (Å²) in [6.07, 6.45) is 1.64. The number of esters is 1. The number of benzene rings is 1. The molecule has 3 rings (SSSR count). The molecule has 0 atom stereocenters. The van der Waals surface area contributed by atoms with Crippen molar-refractivity contribution in [2.45, 2.75) is 6.61 Å². The van der Waals surface area contributed by atoms with E-state index < -0.39 is 5.97 Å². The van der Waals surface area contributed by atoms with Crippen molar-refractivity contribution in [1.82, 2.24) is 15.1 Å². The molecule has 1 N–H and O–H groups in total. The summed E-state index contributed by atoms with van der Waals surface area (Å²) >= 11 is 6.05. The van der Waals surface area contributed by atoms with Crippen LogP contribution in [0.25, 0.3) is 11.4 Å². The number of carbonyl (C=O) groups is 1. The number of rotatable bonds is 4. The zero-order valence-electron chi connectivity index (χ0n) is 10.7. The molecule has 106 valence electrons. The summed E-state index contributed by atoms with van der Waals surface area (Å²) in [6.45, 7) is -0.102. The van der Waals surface area contributed by atoms with Crippen LogP contribution in [-0.4, -0.2) is 21.1 Å².